The molecule has 4 aromatic carbocycles. The molecule has 0 saturated heterocycles. The molecule has 3 N–H and O–H groups in total. The Morgan fingerprint density at radius 1 is 0.781 bits per heavy atom. The number of amides is 1. The van der Waals surface area contributed by atoms with Gasteiger partial charge in [-0.25, -0.2) is 0 Å². The molecule has 32 heavy (non-hydrogen) atoms. The molecule has 0 aliphatic carbocycles. The molecule has 1 amide bonds. The van der Waals surface area contributed by atoms with Crippen LogP contribution in [0.15, 0.2) is 107 Å². The van der Waals surface area contributed by atoms with Gasteiger partial charge in [-0.05, 0) is 83.9 Å². The third-order valence-electron chi connectivity index (χ3n) is 4.85. The number of nitrogens with one attached hydrogen (secondary N) is 2. The first-order valence-electron chi connectivity index (χ1n) is 9.99. The van der Waals surface area contributed by atoms with Crippen molar-refractivity contribution in [1.29, 1.82) is 0 Å². The largest absolute Gasteiger partial charge is 0.506 e. The maximum absolute atomic E-state index is 12.7. The highest BCUT2D eigenvalue weighted by molar-refractivity contribution is 8.00. The van der Waals surface area contributed by atoms with Gasteiger partial charge in [-0.3, -0.25) is 4.79 Å². The number of phenols is 1. The minimum absolute atomic E-state index is 0.114. The first kappa shape index (κ1) is 21.9. The van der Waals surface area contributed by atoms with E-state index in [1.807, 2.05) is 85.1 Å². The highest BCUT2D eigenvalue weighted by atomic mass is 32.2. The summed E-state index contributed by atoms with van der Waals surface area (Å²) in [5.74, 6) is -0.0926. The molecule has 0 heterocycles. The Kier molecular flexibility index (Phi) is 7.04. The van der Waals surface area contributed by atoms with Crippen molar-refractivity contribution in [1.82, 2.24) is 0 Å². The first-order chi connectivity index (χ1) is 15.6. The van der Waals surface area contributed by atoms with E-state index in [0.717, 1.165) is 16.0 Å². The summed E-state index contributed by atoms with van der Waals surface area (Å²) in [6, 6.07) is 30.6. The summed E-state index contributed by atoms with van der Waals surface area (Å²) >= 11 is 3.09. The summed E-state index contributed by atoms with van der Waals surface area (Å²) in [6.45, 7) is 0. The van der Waals surface area contributed by atoms with Crippen LogP contribution in [0.4, 0.5) is 11.4 Å². The molecule has 0 spiro atoms. The van der Waals surface area contributed by atoms with Crippen molar-refractivity contribution in [2.75, 3.05) is 16.3 Å². The Balaban J connectivity index is 1.42. The van der Waals surface area contributed by atoms with E-state index < -0.39 is 0 Å². The van der Waals surface area contributed by atoms with E-state index in [2.05, 4.69) is 10.0 Å². The second-order valence-electron chi connectivity index (χ2n) is 7.01. The van der Waals surface area contributed by atoms with Crippen molar-refractivity contribution >= 4 is 41.0 Å². The van der Waals surface area contributed by atoms with Gasteiger partial charge in [0, 0.05) is 21.0 Å². The lowest BCUT2D eigenvalue weighted by Crippen LogP contribution is -2.11. The van der Waals surface area contributed by atoms with Crippen LogP contribution >= 0.6 is 23.7 Å². The lowest BCUT2D eigenvalue weighted by atomic mass is 10.0. The van der Waals surface area contributed by atoms with Crippen LogP contribution in [0.25, 0.3) is 11.1 Å². The van der Waals surface area contributed by atoms with Gasteiger partial charge >= 0.3 is 0 Å². The minimum atomic E-state index is -0.207. The number of anilines is 2. The second-order valence-corrected chi connectivity index (χ2v) is 8.77. The normalized spacial score (nSPS) is 10.5. The van der Waals surface area contributed by atoms with Crippen molar-refractivity contribution in [3.05, 3.63) is 103 Å². The van der Waals surface area contributed by atoms with Crippen LogP contribution in [0.3, 0.4) is 0 Å². The quantitative estimate of drug-likeness (QED) is 0.119. The van der Waals surface area contributed by atoms with Gasteiger partial charge in [0.2, 0.25) is 0 Å². The molecule has 4 nitrogen and oxygen atoms in total. The second kappa shape index (κ2) is 10.3. The zero-order valence-electron chi connectivity index (χ0n) is 17.4. The molecule has 4 aromatic rings. The van der Waals surface area contributed by atoms with Gasteiger partial charge in [-0.15, -0.1) is 11.8 Å². The highest BCUT2D eigenvalue weighted by Crippen LogP contribution is 2.32. The maximum atomic E-state index is 12.7. The predicted octanol–water partition coefficient (Wildman–Crippen LogP) is 7.15. The fourth-order valence-electron chi connectivity index (χ4n) is 3.10. The van der Waals surface area contributed by atoms with E-state index in [4.69, 9.17) is 0 Å². The molecule has 0 atom stereocenters. The zero-order valence-corrected chi connectivity index (χ0v) is 19.0. The molecule has 0 unspecified atom stereocenters. The Morgan fingerprint density at radius 2 is 1.44 bits per heavy atom. The summed E-state index contributed by atoms with van der Waals surface area (Å²) in [5.41, 5.74) is 3.85. The number of rotatable bonds is 7. The van der Waals surface area contributed by atoms with Crippen LogP contribution in [0.1, 0.15) is 10.4 Å². The number of carbonyl (C=O) groups is 1. The number of hydrogen-bond acceptors (Lipinski definition) is 5. The third-order valence-corrected chi connectivity index (χ3v) is 6.42. The molecule has 160 valence electrons. The van der Waals surface area contributed by atoms with Crippen molar-refractivity contribution in [2.45, 2.75) is 9.79 Å². The molecule has 6 heteroatoms. The van der Waals surface area contributed by atoms with Crippen molar-refractivity contribution < 1.29 is 9.90 Å². The number of aromatic hydroxyl groups is 1. The van der Waals surface area contributed by atoms with E-state index in [1.54, 1.807) is 30.0 Å². The molecule has 0 aliphatic heterocycles. The Labute approximate surface area is 196 Å². The standard InChI is InChI=1S/C26H22N2O2S2/c1-31-22-12-14-23(15-13-22)32-28-24-17-21(11-16-25(24)29)27-26(30)20-9-7-19(8-10-20)18-5-3-2-4-6-18/h2-17,28-29H,1H3,(H,27,30). The number of thioether (sulfide) groups is 1. The highest BCUT2D eigenvalue weighted by Gasteiger charge is 2.09. The topological polar surface area (TPSA) is 61.4 Å². The SMILES string of the molecule is CSc1ccc(SNc2cc(NC(=O)c3ccc(-c4ccccc4)cc3)ccc2O)cc1. The summed E-state index contributed by atoms with van der Waals surface area (Å²) in [6.07, 6.45) is 2.04. The Morgan fingerprint density at radius 3 is 2.12 bits per heavy atom. The molecular weight excluding hydrogens is 436 g/mol. The average molecular weight is 459 g/mol. The number of hydrogen-bond donors (Lipinski definition) is 3. The molecule has 0 saturated carbocycles. The molecule has 0 fully saturated rings. The van der Waals surface area contributed by atoms with Gasteiger partial charge in [0.25, 0.3) is 5.91 Å². The fraction of sp³-hybridized carbons (Fsp3) is 0.0385. The van der Waals surface area contributed by atoms with Gasteiger partial charge in [0.15, 0.2) is 0 Å². The van der Waals surface area contributed by atoms with E-state index >= 15 is 0 Å². The Bertz CT molecular complexity index is 1190. The van der Waals surface area contributed by atoms with Crippen LogP contribution < -0.4 is 10.0 Å². The minimum Gasteiger partial charge on any atom is -0.506 e. The smallest absolute Gasteiger partial charge is 0.255 e. The Hall–Kier alpha value is -3.35. The van der Waals surface area contributed by atoms with Gasteiger partial charge in [0.1, 0.15) is 5.75 Å². The van der Waals surface area contributed by atoms with Crippen molar-refractivity contribution in [3.63, 3.8) is 0 Å². The van der Waals surface area contributed by atoms with Gasteiger partial charge in [0.05, 0.1) is 5.69 Å². The van der Waals surface area contributed by atoms with Crippen molar-refractivity contribution in [2.24, 2.45) is 0 Å². The van der Waals surface area contributed by atoms with E-state index in [9.17, 15) is 9.90 Å². The maximum Gasteiger partial charge on any atom is 0.255 e. The van der Waals surface area contributed by atoms with Crippen LogP contribution in [-0.2, 0) is 0 Å². The molecule has 4 rings (SSSR count). The first-order valence-corrected chi connectivity index (χ1v) is 12.0. The van der Waals surface area contributed by atoms with E-state index in [-0.39, 0.29) is 11.7 Å². The van der Waals surface area contributed by atoms with Crippen LogP contribution in [0.5, 0.6) is 5.75 Å². The summed E-state index contributed by atoms with van der Waals surface area (Å²) in [5, 5.41) is 13.1. The summed E-state index contributed by atoms with van der Waals surface area (Å²) < 4.78 is 3.15. The van der Waals surface area contributed by atoms with Gasteiger partial charge in [-0.1, -0.05) is 42.5 Å². The molecule has 0 radical (unpaired) electrons. The van der Waals surface area contributed by atoms with E-state index in [1.165, 1.54) is 16.8 Å². The lowest BCUT2D eigenvalue weighted by molar-refractivity contribution is 0.102. The average Bonchev–Trinajstić information content (AvgIpc) is 2.85. The number of carbonyl (C=O) groups excluding carboxylic acids is 1. The van der Waals surface area contributed by atoms with Crippen LogP contribution in [-0.4, -0.2) is 17.3 Å². The zero-order chi connectivity index (χ0) is 22.3. The van der Waals surface area contributed by atoms with Crippen LogP contribution in [0, 0.1) is 0 Å². The van der Waals surface area contributed by atoms with E-state index in [0.29, 0.717) is 16.9 Å². The van der Waals surface area contributed by atoms with Gasteiger partial charge in [-0.2, -0.15) is 0 Å². The van der Waals surface area contributed by atoms with Gasteiger partial charge < -0.3 is 15.1 Å². The monoisotopic (exact) mass is 458 g/mol. The molecule has 0 aliphatic rings. The molecule has 0 aromatic heterocycles. The summed E-state index contributed by atoms with van der Waals surface area (Å²) in [4.78, 5) is 14.9. The fourth-order valence-corrected chi connectivity index (χ4v) is 4.17. The lowest BCUT2D eigenvalue weighted by Gasteiger charge is -2.11. The molecule has 0 bridgehead atoms. The van der Waals surface area contributed by atoms with Crippen molar-refractivity contribution in [3.8, 4) is 16.9 Å². The number of benzene rings is 4. The van der Waals surface area contributed by atoms with Crippen LogP contribution in [0.2, 0.25) is 0 Å². The number of phenolic OH excluding ortho intramolecular Hbond substituents is 1. The summed E-state index contributed by atoms with van der Waals surface area (Å²) in [7, 11) is 0. The predicted molar refractivity (Wildman–Crippen MR) is 136 cm³/mol. The third kappa shape index (κ3) is 5.46. The molecular formula is C26H22N2O2S2.